The maximum Gasteiger partial charge on any atom is 0.516 e. The molecule has 3 aromatic rings. The number of aromatic nitrogens is 2. The Morgan fingerprint density at radius 1 is 0.919 bits per heavy atom. The molecule has 2 heterocycles. The monoisotopic (exact) mass is 549 g/mol. The summed E-state index contributed by atoms with van der Waals surface area (Å²) in [6, 6.07) is 9.44. The van der Waals surface area contributed by atoms with Gasteiger partial charge in [0, 0.05) is 43.1 Å². The van der Waals surface area contributed by atoms with Gasteiger partial charge in [-0.25, -0.2) is 0 Å². The Balaban J connectivity index is 1.38. The number of anilines is 2. The zero-order valence-electron chi connectivity index (χ0n) is 18.5. The van der Waals surface area contributed by atoms with E-state index in [0.717, 1.165) is 24.3 Å². The molecule has 1 aliphatic rings. The second-order valence-corrected chi connectivity index (χ2v) is 9.54. The molecule has 37 heavy (non-hydrogen) atoms. The number of piperazine rings is 1. The van der Waals surface area contributed by atoms with Gasteiger partial charge in [-0.2, -0.15) is 34.8 Å². The van der Waals surface area contributed by atoms with Crippen molar-refractivity contribution in [2.75, 3.05) is 35.8 Å². The van der Waals surface area contributed by atoms with E-state index in [4.69, 9.17) is 4.42 Å². The van der Waals surface area contributed by atoms with Crippen LogP contribution in [0.2, 0.25) is 0 Å². The van der Waals surface area contributed by atoms with E-state index >= 15 is 0 Å². The molecule has 0 radical (unpaired) electrons. The van der Waals surface area contributed by atoms with Crippen LogP contribution in [0.5, 0.6) is 0 Å². The number of nitrogens with zero attached hydrogens (tertiary/aromatic N) is 4. The highest BCUT2D eigenvalue weighted by molar-refractivity contribution is 7.93. The first-order valence-corrected chi connectivity index (χ1v) is 12.0. The number of sulfonamides is 1. The Morgan fingerprint density at radius 3 is 2.16 bits per heavy atom. The summed E-state index contributed by atoms with van der Waals surface area (Å²) >= 11 is 0. The fourth-order valence-corrected chi connectivity index (χ4v) is 4.06. The normalized spacial score (nSPS) is 15.1. The summed E-state index contributed by atoms with van der Waals surface area (Å²) in [7, 11) is -5.58. The van der Waals surface area contributed by atoms with Gasteiger partial charge in [-0.15, -0.1) is 10.2 Å². The van der Waals surface area contributed by atoms with Crippen molar-refractivity contribution in [1.29, 1.82) is 0 Å². The lowest BCUT2D eigenvalue weighted by Crippen LogP contribution is -2.49. The lowest BCUT2D eigenvalue weighted by atomic mass is 10.1. The lowest BCUT2D eigenvalue weighted by molar-refractivity contribution is -0.137. The fourth-order valence-electron chi connectivity index (χ4n) is 3.50. The van der Waals surface area contributed by atoms with Crippen LogP contribution in [0.25, 0.3) is 11.5 Å². The van der Waals surface area contributed by atoms with Gasteiger partial charge in [0.2, 0.25) is 5.89 Å². The molecule has 1 amide bonds. The number of nitrogens with one attached hydrogen (secondary N) is 1. The van der Waals surface area contributed by atoms with Crippen molar-refractivity contribution in [2.45, 2.75) is 11.7 Å². The molecule has 1 aliphatic heterocycles. The summed E-state index contributed by atoms with van der Waals surface area (Å²) in [5.41, 5.74) is -6.01. The maximum absolute atomic E-state index is 13.0. The molecule has 0 unspecified atom stereocenters. The third-order valence-electron chi connectivity index (χ3n) is 5.40. The van der Waals surface area contributed by atoms with E-state index in [2.05, 4.69) is 10.2 Å². The third kappa shape index (κ3) is 5.79. The van der Waals surface area contributed by atoms with Crippen molar-refractivity contribution in [3.8, 4) is 11.5 Å². The topological polar surface area (TPSA) is 109 Å². The lowest BCUT2D eigenvalue weighted by Gasteiger charge is -2.35. The first kappa shape index (κ1) is 26.2. The number of hydrogen-bond acceptors (Lipinski definition) is 7. The summed E-state index contributed by atoms with van der Waals surface area (Å²) in [5.74, 6) is -1.09. The van der Waals surface area contributed by atoms with Crippen molar-refractivity contribution in [3.63, 3.8) is 0 Å². The minimum atomic E-state index is -5.58. The van der Waals surface area contributed by atoms with Crippen LogP contribution in [0.15, 0.2) is 52.9 Å². The van der Waals surface area contributed by atoms with Crippen LogP contribution in [0.1, 0.15) is 16.2 Å². The summed E-state index contributed by atoms with van der Waals surface area (Å²) in [6.45, 7) is 0.897. The number of amides is 1. The molecule has 1 aromatic heterocycles. The predicted octanol–water partition coefficient (Wildman–Crippen LogP) is 3.98. The molecule has 1 saturated heterocycles. The average Bonchev–Trinajstić information content (AvgIpc) is 3.33. The van der Waals surface area contributed by atoms with Gasteiger partial charge in [-0.1, -0.05) is 6.07 Å². The molecule has 0 bridgehead atoms. The molecule has 9 nitrogen and oxygen atoms in total. The van der Waals surface area contributed by atoms with Gasteiger partial charge >= 0.3 is 33.5 Å². The molecule has 0 atom stereocenters. The highest BCUT2D eigenvalue weighted by Crippen LogP contribution is 2.32. The summed E-state index contributed by atoms with van der Waals surface area (Å²) < 4.78 is 106. The van der Waals surface area contributed by atoms with Crippen LogP contribution < -0.4 is 9.62 Å². The molecular weight excluding hydrogens is 532 g/mol. The Kier molecular flexibility index (Phi) is 6.79. The van der Waals surface area contributed by atoms with Crippen molar-refractivity contribution in [3.05, 3.63) is 60.0 Å². The number of hydrogen-bond donors (Lipinski definition) is 1. The molecule has 1 N–H and O–H groups in total. The quantitative estimate of drug-likeness (QED) is 0.480. The SMILES string of the molecule is O=C(c1nnc(-c2ccc(NS(=O)(=O)C(F)(F)F)cc2)o1)N1CCN(c2cccc(C(F)(F)F)c2)CC1. The second-order valence-electron chi connectivity index (χ2n) is 7.87. The number of carbonyl (C=O) groups is 1. The van der Waals surface area contributed by atoms with Crippen LogP contribution in [-0.4, -0.2) is 61.1 Å². The maximum atomic E-state index is 13.0. The van der Waals surface area contributed by atoms with Gasteiger partial charge in [-0.05, 0) is 42.5 Å². The highest BCUT2D eigenvalue weighted by Gasteiger charge is 2.46. The number of alkyl halides is 6. The van der Waals surface area contributed by atoms with Crippen LogP contribution in [0.4, 0.5) is 37.7 Å². The summed E-state index contributed by atoms with van der Waals surface area (Å²) in [4.78, 5) is 15.9. The van der Waals surface area contributed by atoms with Gasteiger partial charge in [0.1, 0.15) is 0 Å². The van der Waals surface area contributed by atoms with Crippen LogP contribution in [0, 0.1) is 0 Å². The molecule has 16 heteroatoms. The van der Waals surface area contributed by atoms with Crippen LogP contribution in [-0.2, 0) is 16.2 Å². The molecule has 0 aliphatic carbocycles. The highest BCUT2D eigenvalue weighted by atomic mass is 32.2. The molecule has 1 fully saturated rings. The number of halogens is 6. The Morgan fingerprint density at radius 2 is 1.57 bits per heavy atom. The Bertz CT molecular complexity index is 1380. The molecule has 0 saturated carbocycles. The molecule has 198 valence electrons. The fraction of sp³-hybridized carbons (Fsp3) is 0.286. The van der Waals surface area contributed by atoms with E-state index in [0.29, 0.717) is 5.69 Å². The minimum Gasteiger partial charge on any atom is -0.412 e. The van der Waals surface area contributed by atoms with Crippen molar-refractivity contribution in [2.24, 2.45) is 0 Å². The second kappa shape index (κ2) is 9.57. The van der Waals surface area contributed by atoms with Crippen molar-refractivity contribution < 1.29 is 44.0 Å². The number of benzene rings is 2. The molecule has 4 rings (SSSR count). The van der Waals surface area contributed by atoms with E-state index in [1.54, 1.807) is 11.0 Å². The third-order valence-corrected chi connectivity index (χ3v) is 6.52. The number of rotatable bonds is 5. The smallest absolute Gasteiger partial charge is 0.412 e. The van der Waals surface area contributed by atoms with Gasteiger partial charge in [0.25, 0.3) is 0 Å². The molecule has 0 spiro atoms. The number of carbonyl (C=O) groups excluding carboxylic acids is 1. The standard InChI is InChI=1S/C21H17F6N5O4S/c22-20(23,24)14-2-1-3-16(12-14)31-8-10-32(11-9-31)19(33)18-29-28-17(36-18)13-4-6-15(7-5-13)30-37(34,35)21(25,26)27/h1-7,12,30H,8-11H2. The summed E-state index contributed by atoms with van der Waals surface area (Å²) in [6.07, 6.45) is -4.47. The minimum absolute atomic E-state index is 0.129. The Hall–Kier alpha value is -3.82. The van der Waals surface area contributed by atoms with Gasteiger partial charge in [-0.3, -0.25) is 9.52 Å². The van der Waals surface area contributed by atoms with Crippen LogP contribution in [0.3, 0.4) is 0 Å². The Labute approximate surface area is 205 Å². The van der Waals surface area contributed by atoms with E-state index < -0.39 is 33.2 Å². The molecular formula is C21H17F6N5O4S. The molecule has 2 aromatic carbocycles. The van der Waals surface area contributed by atoms with Gasteiger partial charge < -0.3 is 14.2 Å². The zero-order valence-corrected chi connectivity index (χ0v) is 19.4. The van der Waals surface area contributed by atoms with E-state index in [9.17, 15) is 39.6 Å². The van der Waals surface area contributed by atoms with Crippen LogP contribution >= 0.6 is 0 Å². The summed E-state index contributed by atoms with van der Waals surface area (Å²) in [5, 5.41) is 7.43. The average molecular weight is 549 g/mol. The van der Waals surface area contributed by atoms with Gasteiger partial charge in [0.15, 0.2) is 0 Å². The predicted molar refractivity (Wildman–Crippen MR) is 118 cm³/mol. The van der Waals surface area contributed by atoms with E-state index in [1.165, 1.54) is 27.8 Å². The van der Waals surface area contributed by atoms with Crippen molar-refractivity contribution in [1.82, 2.24) is 15.1 Å². The van der Waals surface area contributed by atoms with E-state index in [1.807, 2.05) is 0 Å². The van der Waals surface area contributed by atoms with Crippen molar-refractivity contribution >= 4 is 27.3 Å². The van der Waals surface area contributed by atoms with Gasteiger partial charge in [0.05, 0.1) is 5.56 Å². The first-order valence-electron chi connectivity index (χ1n) is 10.5. The largest absolute Gasteiger partial charge is 0.516 e. The zero-order chi connectivity index (χ0) is 27.0. The van der Waals surface area contributed by atoms with E-state index in [-0.39, 0.29) is 49.2 Å². The first-order chi connectivity index (χ1) is 17.2.